The fourth-order valence-corrected chi connectivity index (χ4v) is 2.25. The number of rotatable bonds is 4. The molecule has 0 unspecified atom stereocenters. The first-order chi connectivity index (χ1) is 8.96. The first-order valence-corrected chi connectivity index (χ1v) is 7.10. The Hall–Kier alpha value is -1.20. The maximum absolute atomic E-state index is 12.7. The Kier molecular flexibility index (Phi) is 4.77. The number of carbonyl (C=O) groups excluding carboxylic acids is 1. The molecule has 0 saturated heterocycles. The molecule has 0 heterocycles. The van der Waals surface area contributed by atoms with Gasteiger partial charge in [-0.25, -0.2) is 22.3 Å². The van der Waals surface area contributed by atoms with E-state index in [0.29, 0.717) is 0 Å². The van der Waals surface area contributed by atoms with Gasteiger partial charge in [0.05, 0.1) is 10.6 Å². The van der Waals surface area contributed by atoms with E-state index in [1.54, 1.807) is 5.32 Å². The standard InChI is InChI=1S/C9H7BrF4N2O3S/c10-5-3-4(20(15,18)19)1-2-6(5)16-8(17)9(13,14)7(11)12/h1-3,7H,(H,16,17)(H2,15,18,19). The Balaban J connectivity index is 3.04. The van der Waals surface area contributed by atoms with Crippen LogP contribution >= 0.6 is 15.9 Å². The lowest BCUT2D eigenvalue weighted by Gasteiger charge is -2.15. The summed E-state index contributed by atoms with van der Waals surface area (Å²) in [4.78, 5) is 10.7. The predicted octanol–water partition coefficient (Wildman–Crippen LogP) is 1.94. The quantitative estimate of drug-likeness (QED) is 0.784. The van der Waals surface area contributed by atoms with Crippen molar-refractivity contribution in [1.29, 1.82) is 0 Å². The normalized spacial score (nSPS) is 12.6. The van der Waals surface area contributed by atoms with Gasteiger partial charge in [-0.15, -0.1) is 0 Å². The van der Waals surface area contributed by atoms with Crippen molar-refractivity contribution in [3.63, 3.8) is 0 Å². The van der Waals surface area contributed by atoms with Gasteiger partial charge in [0.2, 0.25) is 10.0 Å². The molecule has 1 rings (SSSR count). The van der Waals surface area contributed by atoms with E-state index in [-0.39, 0.29) is 15.1 Å². The van der Waals surface area contributed by atoms with Gasteiger partial charge >= 0.3 is 18.3 Å². The van der Waals surface area contributed by atoms with Gasteiger partial charge in [0.25, 0.3) is 0 Å². The molecule has 0 saturated carbocycles. The molecule has 0 radical (unpaired) electrons. The molecular weight excluding hydrogens is 372 g/mol. The second-order valence-electron chi connectivity index (χ2n) is 3.56. The van der Waals surface area contributed by atoms with Crippen molar-refractivity contribution < 1.29 is 30.8 Å². The molecule has 0 aliphatic carbocycles. The molecule has 1 amide bonds. The van der Waals surface area contributed by atoms with Gasteiger partial charge in [0.1, 0.15) is 0 Å². The average Bonchev–Trinajstić information content (AvgIpc) is 2.29. The number of amides is 1. The SMILES string of the molecule is NS(=O)(=O)c1ccc(NC(=O)C(F)(F)C(F)F)c(Br)c1. The molecule has 1 aromatic carbocycles. The highest BCUT2D eigenvalue weighted by molar-refractivity contribution is 9.10. The predicted molar refractivity (Wildman–Crippen MR) is 65.1 cm³/mol. The number of benzene rings is 1. The summed E-state index contributed by atoms with van der Waals surface area (Å²) < 4.78 is 71.3. The number of alkyl halides is 4. The lowest BCUT2D eigenvalue weighted by Crippen LogP contribution is -2.41. The van der Waals surface area contributed by atoms with Gasteiger partial charge in [-0.2, -0.15) is 8.78 Å². The van der Waals surface area contributed by atoms with Gasteiger partial charge in [-0.05, 0) is 34.1 Å². The molecule has 3 N–H and O–H groups in total. The van der Waals surface area contributed by atoms with Crippen molar-refractivity contribution >= 4 is 37.5 Å². The van der Waals surface area contributed by atoms with Crippen LogP contribution in [-0.4, -0.2) is 26.7 Å². The molecule has 20 heavy (non-hydrogen) atoms. The van der Waals surface area contributed by atoms with Crippen molar-refractivity contribution in [2.24, 2.45) is 5.14 Å². The summed E-state index contributed by atoms with van der Waals surface area (Å²) in [5.41, 5.74) is -0.303. The number of anilines is 1. The summed E-state index contributed by atoms with van der Waals surface area (Å²) in [5.74, 6) is -7.07. The fraction of sp³-hybridized carbons (Fsp3) is 0.222. The Morgan fingerprint density at radius 1 is 1.35 bits per heavy atom. The molecule has 112 valence electrons. The van der Waals surface area contributed by atoms with Crippen LogP contribution in [-0.2, 0) is 14.8 Å². The number of nitrogens with one attached hydrogen (secondary N) is 1. The minimum Gasteiger partial charge on any atom is -0.320 e. The Bertz CT molecular complexity index is 636. The minimum atomic E-state index is -4.86. The second-order valence-corrected chi connectivity index (χ2v) is 5.98. The largest absolute Gasteiger partial charge is 0.383 e. The summed E-state index contributed by atoms with van der Waals surface area (Å²) in [5, 5.41) is 6.39. The first kappa shape index (κ1) is 16.9. The van der Waals surface area contributed by atoms with E-state index in [0.717, 1.165) is 18.2 Å². The van der Waals surface area contributed by atoms with Crippen molar-refractivity contribution in [1.82, 2.24) is 0 Å². The highest BCUT2D eigenvalue weighted by Crippen LogP contribution is 2.29. The zero-order valence-electron chi connectivity index (χ0n) is 9.41. The topological polar surface area (TPSA) is 89.3 Å². The Morgan fingerprint density at radius 2 is 1.90 bits per heavy atom. The molecule has 0 aliphatic heterocycles. The van der Waals surface area contributed by atoms with Crippen LogP contribution in [0.25, 0.3) is 0 Å². The average molecular weight is 379 g/mol. The van der Waals surface area contributed by atoms with Gasteiger partial charge in [0, 0.05) is 4.47 Å². The van der Waals surface area contributed by atoms with Crippen molar-refractivity contribution in [2.75, 3.05) is 5.32 Å². The van der Waals surface area contributed by atoms with Crippen molar-refractivity contribution in [3.8, 4) is 0 Å². The van der Waals surface area contributed by atoms with E-state index >= 15 is 0 Å². The third-order valence-corrected chi connectivity index (χ3v) is 3.66. The van der Waals surface area contributed by atoms with E-state index in [2.05, 4.69) is 15.9 Å². The summed E-state index contributed by atoms with van der Waals surface area (Å²) >= 11 is 2.80. The summed E-state index contributed by atoms with van der Waals surface area (Å²) in [7, 11) is -4.02. The van der Waals surface area contributed by atoms with Crippen LogP contribution in [0.5, 0.6) is 0 Å². The lowest BCUT2D eigenvalue weighted by atomic mass is 10.3. The third kappa shape index (κ3) is 3.67. The van der Waals surface area contributed by atoms with E-state index in [1.165, 1.54) is 0 Å². The maximum atomic E-state index is 12.7. The smallest absolute Gasteiger partial charge is 0.320 e. The number of primary sulfonamides is 1. The molecule has 0 atom stereocenters. The summed E-state index contributed by atoms with van der Waals surface area (Å²) in [6.07, 6.45) is -4.16. The number of hydrogen-bond acceptors (Lipinski definition) is 3. The fourth-order valence-electron chi connectivity index (χ4n) is 1.08. The molecule has 0 aromatic heterocycles. The van der Waals surface area contributed by atoms with Gasteiger partial charge < -0.3 is 5.32 Å². The number of carbonyl (C=O) groups is 1. The molecule has 11 heteroatoms. The zero-order chi connectivity index (χ0) is 15.7. The number of halogens is 5. The molecule has 0 fully saturated rings. The highest BCUT2D eigenvalue weighted by Gasteiger charge is 2.49. The molecule has 1 aromatic rings. The monoisotopic (exact) mass is 378 g/mol. The lowest BCUT2D eigenvalue weighted by molar-refractivity contribution is -0.163. The molecule has 5 nitrogen and oxygen atoms in total. The van der Waals surface area contributed by atoms with Gasteiger partial charge in [-0.3, -0.25) is 4.79 Å². The Labute approximate surface area is 119 Å². The van der Waals surface area contributed by atoms with Crippen LogP contribution in [0, 0.1) is 0 Å². The Morgan fingerprint density at radius 3 is 2.30 bits per heavy atom. The number of nitrogens with two attached hydrogens (primary N) is 1. The molecular formula is C9H7BrF4N2O3S. The number of sulfonamides is 1. The van der Waals surface area contributed by atoms with Crippen LogP contribution in [0.4, 0.5) is 23.2 Å². The molecule has 0 aliphatic rings. The second kappa shape index (κ2) is 5.66. The highest BCUT2D eigenvalue weighted by atomic mass is 79.9. The van der Waals surface area contributed by atoms with E-state index < -0.39 is 28.3 Å². The van der Waals surface area contributed by atoms with Crippen LogP contribution in [0.1, 0.15) is 0 Å². The first-order valence-electron chi connectivity index (χ1n) is 4.76. The van der Waals surface area contributed by atoms with Crippen LogP contribution < -0.4 is 10.5 Å². The van der Waals surface area contributed by atoms with Crippen molar-refractivity contribution in [3.05, 3.63) is 22.7 Å². The summed E-state index contributed by atoms with van der Waals surface area (Å²) in [6.45, 7) is 0. The van der Waals surface area contributed by atoms with E-state index in [9.17, 15) is 30.8 Å². The zero-order valence-corrected chi connectivity index (χ0v) is 11.8. The van der Waals surface area contributed by atoms with Crippen LogP contribution in [0.3, 0.4) is 0 Å². The van der Waals surface area contributed by atoms with Gasteiger partial charge in [0.15, 0.2) is 0 Å². The number of hydrogen-bond donors (Lipinski definition) is 2. The minimum absolute atomic E-state index is 0.109. The van der Waals surface area contributed by atoms with Crippen LogP contribution in [0.2, 0.25) is 0 Å². The molecule has 0 spiro atoms. The molecule has 0 bridgehead atoms. The maximum Gasteiger partial charge on any atom is 0.383 e. The van der Waals surface area contributed by atoms with Gasteiger partial charge in [-0.1, -0.05) is 0 Å². The van der Waals surface area contributed by atoms with E-state index in [4.69, 9.17) is 5.14 Å². The van der Waals surface area contributed by atoms with Crippen LogP contribution in [0.15, 0.2) is 27.6 Å². The van der Waals surface area contributed by atoms with Crippen molar-refractivity contribution in [2.45, 2.75) is 17.2 Å². The van der Waals surface area contributed by atoms with E-state index in [1.807, 2.05) is 0 Å². The summed E-state index contributed by atoms with van der Waals surface area (Å²) in [6, 6.07) is 2.80. The third-order valence-electron chi connectivity index (χ3n) is 2.09.